The van der Waals surface area contributed by atoms with Crippen LogP contribution >= 0.6 is 12.2 Å². The highest BCUT2D eigenvalue weighted by Gasteiger charge is 2.08. The molecule has 1 rings (SSSR count). The summed E-state index contributed by atoms with van der Waals surface area (Å²) in [6.45, 7) is 5.46. The van der Waals surface area contributed by atoms with Crippen LogP contribution in [0.5, 0.6) is 0 Å². The third-order valence-electron chi connectivity index (χ3n) is 2.69. The van der Waals surface area contributed by atoms with Crippen LogP contribution in [0, 0.1) is 5.92 Å². The summed E-state index contributed by atoms with van der Waals surface area (Å²) in [6, 6.07) is 3.97. The Morgan fingerprint density at radius 3 is 2.64 bits per heavy atom. The second kappa shape index (κ2) is 5.15. The molecule has 0 atom stereocenters. The molecule has 0 aliphatic heterocycles. The van der Waals surface area contributed by atoms with Gasteiger partial charge in [-0.1, -0.05) is 38.9 Å². The molecule has 2 nitrogen and oxygen atoms in total. The zero-order valence-corrected chi connectivity index (χ0v) is 9.68. The molecule has 0 radical (unpaired) electrons. The van der Waals surface area contributed by atoms with Crippen molar-refractivity contribution in [2.24, 2.45) is 11.7 Å². The van der Waals surface area contributed by atoms with Gasteiger partial charge in [-0.15, -0.1) is 0 Å². The van der Waals surface area contributed by atoms with Crippen molar-refractivity contribution >= 4 is 17.2 Å². The Morgan fingerprint density at radius 2 is 2.14 bits per heavy atom. The van der Waals surface area contributed by atoms with E-state index in [4.69, 9.17) is 18.0 Å². The van der Waals surface area contributed by atoms with Crippen molar-refractivity contribution < 1.29 is 0 Å². The lowest BCUT2D eigenvalue weighted by molar-refractivity contribution is 0.418. The zero-order valence-electron chi connectivity index (χ0n) is 8.86. The third-order valence-corrected chi connectivity index (χ3v) is 2.90. The summed E-state index contributed by atoms with van der Waals surface area (Å²) in [5, 5.41) is 0. The van der Waals surface area contributed by atoms with E-state index in [9.17, 15) is 0 Å². The summed E-state index contributed by atoms with van der Waals surface area (Å²) in [6.07, 6.45) is 4.45. The highest BCUT2D eigenvalue weighted by atomic mass is 32.1. The molecule has 0 amide bonds. The third kappa shape index (κ3) is 2.58. The van der Waals surface area contributed by atoms with Crippen molar-refractivity contribution in [1.82, 2.24) is 4.57 Å². The van der Waals surface area contributed by atoms with E-state index < -0.39 is 0 Å². The van der Waals surface area contributed by atoms with Crippen LogP contribution in [0.4, 0.5) is 0 Å². The summed E-state index contributed by atoms with van der Waals surface area (Å²) >= 11 is 4.99. The Morgan fingerprint density at radius 1 is 1.50 bits per heavy atom. The maximum atomic E-state index is 5.63. The van der Waals surface area contributed by atoms with Gasteiger partial charge in [0.2, 0.25) is 0 Å². The van der Waals surface area contributed by atoms with Crippen molar-refractivity contribution in [3.8, 4) is 0 Å². The van der Waals surface area contributed by atoms with E-state index >= 15 is 0 Å². The van der Waals surface area contributed by atoms with Crippen LogP contribution < -0.4 is 5.73 Å². The molecule has 0 fully saturated rings. The minimum atomic E-state index is 0.487. The average molecular weight is 210 g/mol. The molecule has 0 aliphatic carbocycles. The highest BCUT2D eigenvalue weighted by Crippen LogP contribution is 2.13. The normalized spacial score (nSPS) is 10.8. The van der Waals surface area contributed by atoms with E-state index in [1.54, 1.807) is 0 Å². The van der Waals surface area contributed by atoms with E-state index in [-0.39, 0.29) is 0 Å². The lowest BCUT2D eigenvalue weighted by Gasteiger charge is -2.15. The topological polar surface area (TPSA) is 30.9 Å². The van der Waals surface area contributed by atoms with Crippen LogP contribution in [0.2, 0.25) is 0 Å². The zero-order chi connectivity index (χ0) is 10.6. The summed E-state index contributed by atoms with van der Waals surface area (Å²) in [7, 11) is 0. The van der Waals surface area contributed by atoms with E-state index in [0.717, 1.165) is 18.2 Å². The molecule has 0 saturated carbocycles. The number of hydrogen-bond donors (Lipinski definition) is 1. The molecule has 0 saturated heterocycles. The second-order valence-corrected chi connectivity index (χ2v) is 4.03. The van der Waals surface area contributed by atoms with Crippen LogP contribution in [0.15, 0.2) is 18.3 Å². The first-order chi connectivity index (χ1) is 6.69. The van der Waals surface area contributed by atoms with Crippen molar-refractivity contribution in [3.05, 3.63) is 24.0 Å². The van der Waals surface area contributed by atoms with Crippen LogP contribution in [0.3, 0.4) is 0 Å². The van der Waals surface area contributed by atoms with Gasteiger partial charge < -0.3 is 10.3 Å². The standard InChI is InChI=1S/C11H18N2S/c1-3-9(4-2)8-13-7-5-6-10(13)11(12)14/h5-7,9H,3-4,8H2,1-2H3,(H2,12,14). The molecular weight excluding hydrogens is 192 g/mol. The molecular formula is C11H18N2S. The lowest BCUT2D eigenvalue weighted by Crippen LogP contribution is -2.18. The second-order valence-electron chi connectivity index (χ2n) is 3.59. The molecule has 1 aromatic heterocycles. The summed E-state index contributed by atoms with van der Waals surface area (Å²) < 4.78 is 2.15. The largest absolute Gasteiger partial charge is 0.388 e. The molecule has 3 heteroatoms. The number of thiocarbonyl (C=S) groups is 1. The molecule has 78 valence electrons. The van der Waals surface area contributed by atoms with Gasteiger partial charge >= 0.3 is 0 Å². The Balaban J connectivity index is 2.75. The summed E-state index contributed by atoms with van der Waals surface area (Å²) in [5.74, 6) is 0.718. The smallest absolute Gasteiger partial charge is 0.120 e. The summed E-state index contributed by atoms with van der Waals surface area (Å²) in [5.41, 5.74) is 6.61. The van der Waals surface area contributed by atoms with Gasteiger partial charge in [-0.05, 0) is 18.1 Å². The van der Waals surface area contributed by atoms with E-state index in [0.29, 0.717) is 4.99 Å². The van der Waals surface area contributed by atoms with Gasteiger partial charge in [0, 0.05) is 12.7 Å². The van der Waals surface area contributed by atoms with Crippen molar-refractivity contribution in [2.75, 3.05) is 0 Å². The van der Waals surface area contributed by atoms with Gasteiger partial charge in [0.1, 0.15) is 4.99 Å². The number of nitrogens with zero attached hydrogens (tertiary/aromatic N) is 1. The van der Waals surface area contributed by atoms with Crippen LogP contribution in [-0.4, -0.2) is 9.56 Å². The Bertz CT molecular complexity index is 300. The van der Waals surface area contributed by atoms with E-state index in [2.05, 4.69) is 18.4 Å². The fourth-order valence-electron chi connectivity index (χ4n) is 1.62. The molecule has 0 unspecified atom stereocenters. The maximum Gasteiger partial charge on any atom is 0.120 e. The Labute approximate surface area is 91.1 Å². The first-order valence-corrected chi connectivity index (χ1v) is 5.54. The average Bonchev–Trinajstić information content (AvgIpc) is 2.62. The van der Waals surface area contributed by atoms with Crippen molar-refractivity contribution in [3.63, 3.8) is 0 Å². The minimum Gasteiger partial charge on any atom is -0.388 e. The molecule has 1 aromatic rings. The van der Waals surface area contributed by atoms with Crippen LogP contribution in [0.25, 0.3) is 0 Å². The lowest BCUT2D eigenvalue weighted by atomic mass is 10.0. The first kappa shape index (κ1) is 11.2. The maximum absolute atomic E-state index is 5.63. The minimum absolute atomic E-state index is 0.487. The molecule has 0 aliphatic rings. The number of hydrogen-bond acceptors (Lipinski definition) is 1. The molecule has 2 N–H and O–H groups in total. The van der Waals surface area contributed by atoms with Gasteiger partial charge in [-0.2, -0.15) is 0 Å². The molecule has 14 heavy (non-hydrogen) atoms. The fraction of sp³-hybridized carbons (Fsp3) is 0.545. The van der Waals surface area contributed by atoms with Crippen molar-refractivity contribution in [1.29, 1.82) is 0 Å². The van der Waals surface area contributed by atoms with E-state index in [1.165, 1.54) is 12.8 Å². The van der Waals surface area contributed by atoms with E-state index in [1.807, 2.05) is 18.3 Å². The highest BCUT2D eigenvalue weighted by molar-refractivity contribution is 7.80. The van der Waals surface area contributed by atoms with Crippen LogP contribution in [0.1, 0.15) is 32.4 Å². The van der Waals surface area contributed by atoms with Crippen LogP contribution in [-0.2, 0) is 6.54 Å². The molecule has 0 bridgehead atoms. The summed E-state index contributed by atoms with van der Waals surface area (Å²) in [4.78, 5) is 0.487. The first-order valence-electron chi connectivity index (χ1n) is 5.14. The Hall–Kier alpha value is -0.830. The molecule has 0 aromatic carbocycles. The number of aromatic nitrogens is 1. The van der Waals surface area contributed by atoms with Crippen molar-refractivity contribution in [2.45, 2.75) is 33.2 Å². The fourth-order valence-corrected chi connectivity index (χ4v) is 1.81. The molecule has 0 spiro atoms. The number of rotatable bonds is 5. The predicted octanol–water partition coefficient (Wildman–Crippen LogP) is 2.56. The molecule has 1 heterocycles. The quantitative estimate of drug-likeness (QED) is 0.757. The van der Waals surface area contributed by atoms with Gasteiger partial charge in [-0.25, -0.2) is 0 Å². The monoisotopic (exact) mass is 210 g/mol. The number of nitrogens with two attached hydrogens (primary N) is 1. The van der Waals surface area contributed by atoms with Gasteiger partial charge in [0.05, 0.1) is 5.69 Å². The van der Waals surface area contributed by atoms with Gasteiger partial charge in [0.15, 0.2) is 0 Å². The predicted molar refractivity (Wildman–Crippen MR) is 64.4 cm³/mol. The van der Waals surface area contributed by atoms with Gasteiger partial charge in [-0.3, -0.25) is 0 Å². The van der Waals surface area contributed by atoms with Gasteiger partial charge in [0.25, 0.3) is 0 Å². The SMILES string of the molecule is CCC(CC)Cn1cccc1C(N)=S. The Kier molecular flexibility index (Phi) is 4.14.